The van der Waals surface area contributed by atoms with Crippen molar-refractivity contribution in [1.29, 1.82) is 5.26 Å². The number of benzene rings is 1. The molecule has 0 bridgehead atoms. The molecule has 0 aliphatic heterocycles. The van der Waals surface area contributed by atoms with Crippen LogP contribution in [0.4, 0.5) is 11.4 Å². The molecule has 0 atom stereocenters. The maximum Gasteiger partial charge on any atom is 0.0640 e. The first-order valence-corrected chi connectivity index (χ1v) is 5.14. The fraction of sp³-hybridized carbons (Fsp3) is 0.417. The number of hydrogen-bond donors (Lipinski definition) is 1. The molecule has 0 radical (unpaired) electrons. The van der Waals surface area contributed by atoms with Crippen LogP contribution < -0.4 is 10.6 Å². The Morgan fingerprint density at radius 2 is 2.20 bits per heavy atom. The molecule has 1 aromatic carbocycles. The molecule has 2 N–H and O–H groups in total. The molecule has 0 saturated carbocycles. The Kier molecular flexibility index (Phi) is 3.99. The lowest BCUT2D eigenvalue weighted by Gasteiger charge is -2.28. The molecule has 0 aromatic heterocycles. The van der Waals surface area contributed by atoms with Crippen molar-refractivity contribution in [3.63, 3.8) is 0 Å². The van der Waals surface area contributed by atoms with Gasteiger partial charge in [-0.2, -0.15) is 5.26 Å². The lowest BCUT2D eigenvalue weighted by atomic mass is 10.2. The number of hydrogen-bond acceptors (Lipinski definition) is 3. The summed E-state index contributed by atoms with van der Waals surface area (Å²) in [5, 5.41) is 8.60. The number of anilines is 2. The van der Waals surface area contributed by atoms with Gasteiger partial charge in [-0.15, -0.1) is 0 Å². The van der Waals surface area contributed by atoms with E-state index < -0.39 is 0 Å². The van der Waals surface area contributed by atoms with Crippen molar-refractivity contribution in [3.8, 4) is 6.07 Å². The highest BCUT2D eigenvalue weighted by Gasteiger charge is 2.09. The minimum Gasteiger partial charge on any atom is -0.399 e. The summed E-state index contributed by atoms with van der Waals surface area (Å²) in [7, 11) is 0. The first-order valence-electron chi connectivity index (χ1n) is 5.14. The largest absolute Gasteiger partial charge is 0.399 e. The van der Waals surface area contributed by atoms with E-state index in [1.807, 2.05) is 24.3 Å². The summed E-state index contributed by atoms with van der Waals surface area (Å²) < 4.78 is 0. The van der Waals surface area contributed by atoms with Crippen LogP contribution in [0.2, 0.25) is 0 Å². The second-order valence-corrected chi connectivity index (χ2v) is 3.79. The third-order valence-corrected chi connectivity index (χ3v) is 2.29. The Bertz CT molecular complexity index is 352. The van der Waals surface area contributed by atoms with Crippen molar-refractivity contribution in [3.05, 3.63) is 24.3 Å². The monoisotopic (exact) mass is 203 g/mol. The number of nitrogens with zero attached hydrogens (tertiary/aromatic N) is 2. The molecule has 0 fully saturated rings. The van der Waals surface area contributed by atoms with Gasteiger partial charge in [-0.1, -0.05) is 6.07 Å². The summed E-state index contributed by atoms with van der Waals surface area (Å²) in [5.41, 5.74) is 7.58. The molecule has 3 heteroatoms. The summed E-state index contributed by atoms with van der Waals surface area (Å²) in [6, 6.07) is 10.3. The third-order valence-electron chi connectivity index (χ3n) is 2.29. The number of nitrogens with two attached hydrogens (primary N) is 1. The smallest absolute Gasteiger partial charge is 0.0640 e. The summed E-state index contributed by atoms with van der Waals surface area (Å²) in [5.74, 6) is 0. The molecule has 0 aliphatic carbocycles. The first kappa shape index (κ1) is 11.4. The molecule has 0 heterocycles. The number of nitriles is 1. The van der Waals surface area contributed by atoms with Crippen molar-refractivity contribution in [2.45, 2.75) is 26.3 Å². The van der Waals surface area contributed by atoms with Crippen molar-refractivity contribution in [1.82, 2.24) is 0 Å². The van der Waals surface area contributed by atoms with Crippen molar-refractivity contribution >= 4 is 11.4 Å². The summed E-state index contributed by atoms with van der Waals surface area (Å²) in [6.07, 6.45) is 0.535. The normalized spacial score (nSPS) is 10.0. The van der Waals surface area contributed by atoms with Crippen molar-refractivity contribution in [2.24, 2.45) is 0 Å². The average molecular weight is 203 g/mol. The topological polar surface area (TPSA) is 53.0 Å². The lowest BCUT2D eigenvalue weighted by Crippen LogP contribution is -2.31. The van der Waals surface area contributed by atoms with E-state index in [0.29, 0.717) is 12.5 Å². The second kappa shape index (κ2) is 5.26. The minimum atomic E-state index is 0.375. The van der Waals surface area contributed by atoms with Crippen LogP contribution in [0, 0.1) is 11.3 Å². The Morgan fingerprint density at radius 1 is 1.47 bits per heavy atom. The van der Waals surface area contributed by atoms with Gasteiger partial charge in [0.15, 0.2) is 0 Å². The Hall–Kier alpha value is -1.69. The van der Waals surface area contributed by atoms with Crippen LogP contribution in [0.5, 0.6) is 0 Å². The van der Waals surface area contributed by atoms with Gasteiger partial charge in [0.05, 0.1) is 12.5 Å². The van der Waals surface area contributed by atoms with E-state index in [4.69, 9.17) is 11.0 Å². The second-order valence-electron chi connectivity index (χ2n) is 3.79. The SMILES string of the molecule is CC(C)N(CCC#N)c1cccc(N)c1. The molecule has 0 spiro atoms. The summed E-state index contributed by atoms with van der Waals surface area (Å²) in [4.78, 5) is 2.18. The predicted molar refractivity (Wildman–Crippen MR) is 63.6 cm³/mol. The van der Waals surface area contributed by atoms with Gasteiger partial charge in [-0.3, -0.25) is 0 Å². The Balaban J connectivity index is 2.84. The molecular weight excluding hydrogens is 186 g/mol. The van der Waals surface area contributed by atoms with Gasteiger partial charge in [-0.25, -0.2) is 0 Å². The molecule has 1 aromatic rings. The first-order chi connectivity index (χ1) is 7.15. The van der Waals surface area contributed by atoms with Crippen LogP contribution in [-0.4, -0.2) is 12.6 Å². The van der Waals surface area contributed by atoms with Crippen LogP contribution in [-0.2, 0) is 0 Å². The predicted octanol–water partition coefficient (Wildman–Crippen LogP) is 2.40. The van der Waals surface area contributed by atoms with Gasteiger partial charge in [0.1, 0.15) is 0 Å². The maximum atomic E-state index is 8.60. The molecule has 0 aliphatic rings. The van der Waals surface area contributed by atoms with Crippen molar-refractivity contribution < 1.29 is 0 Å². The number of rotatable bonds is 4. The van der Waals surface area contributed by atoms with E-state index in [0.717, 1.165) is 17.9 Å². The van der Waals surface area contributed by atoms with E-state index >= 15 is 0 Å². The van der Waals surface area contributed by atoms with E-state index in [1.54, 1.807) is 0 Å². The third kappa shape index (κ3) is 3.17. The van der Waals surface area contributed by atoms with Gasteiger partial charge < -0.3 is 10.6 Å². The highest BCUT2D eigenvalue weighted by atomic mass is 15.1. The van der Waals surface area contributed by atoms with Crippen LogP contribution >= 0.6 is 0 Å². The van der Waals surface area contributed by atoms with Gasteiger partial charge in [0.2, 0.25) is 0 Å². The zero-order valence-corrected chi connectivity index (χ0v) is 9.27. The van der Waals surface area contributed by atoms with Crippen LogP contribution in [0.25, 0.3) is 0 Å². The fourth-order valence-electron chi connectivity index (χ4n) is 1.56. The van der Waals surface area contributed by atoms with E-state index in [-0.39, 0.29) is 0 Å². The van der Waals surface area contributed by atoms with Crippen LogP contribution in [0.3, 0.4) is 0 Å². The molecule has 0 unspecified atom stereocenters. The Morgan fingerprint density at radius 3 is 2.73 bits per heavy atom. The van der Waals surface area contributed by atoms with Gasteiger partial charge in [0, 0.05) is 24.0 Å². The van der Waals surface area contributed by atoms with Crippen molar-refractivity contribution in [2.75, 3.05) is 17.2 Å². The standard InChI is InChI=1S/C12H17N3/c1-10(2)15(8-4-7-13)12-6-3-5-11(14)9-12/h3,5-6,9-10H,4,8,14H2,1-2H3. The van der Waals surface area contributed by atoms with Gasteiger partial charge in [-0.05, 0) is 32.0 Å². The van der Waals surface area contributed by atoms with Crippen LogP contribution in [0.1, 0.15) is 20.3 Å². The Labute approximate surface area is 91.1 Å². The quantitative estimate of drug-likeness (QED) is 0.764. The molecule has 1 rings (SSSR count). The fourth-order valence-corrected chi connectivity index (χ4v) is 1.56. The average Bonchev–Trinajstić information content (AvgIpc) is 2.18. The van der Waals surface area contributed by atoms with Crippen LogP contribution in [0.15, 0.2) is 24.3 Å². The summed E-state index contributed by atoms with van der Waals surface area (Å²) >= 11 is 0. The molecule has 15 heavy (non-hydrogen) atoms. The maximum absolute atomic E-state index is 8.60. The van der Waals surface area contributed by atoms with E-state index in [9.17, 15) is 0 Å². The van der Waals surface area contributed by atoms with Gasteiger partial charge in [0.25, 0.3) is 0 Å². The zero-order chi connectivity index (χ0) is 11.3. The highest BCUT2D eigenvalue weighted by molar-refractivity contribution is 5.56. The molecule has 80 valence electrons. The zero-order valence-electron chi connectivity index (χ0n) is 9.27. The van der Waals surface area contributed by atoms with Gasteiger partial charge >= 0.3 is 0 Å². The molecular formula is C12H17N3. The minimum absolute atomic E-state index is 0.375. The van der Waals surface area contributed by atoms with E-state index in [2.05, 4.69) is 24.8 Å². The molecule has 0 saturated heterocycles. The highest BCUT2D eigenvalue weighted by Crippen LogP contribution is 2.19. The number of nitrogen functional groups attached to an aromatic ring is 1. The molecule has 3 nitrogen and oxygen atoms in total. The lowest BCUT2D eigenvalue weighted by molar-refractivity contribution is 0.687. The molecule has 0 amide bonds. The summed E-state index contributed by atoms with van der Waals surface area (Å²) in [6.45, 7) is 4.97. The van der Waals surface area contributed by atoms with E-state index in [1.165, 1.54) is 0 Å².